The molecule has 5 aromatic rings. The number of thiazole rings is 1. The second-order valence-corrected chi connectivity index (χ2v) is 8.55. The van der Waals surface area contributed by atoms with Gasteiger partial charge in [-0.25, -0.2) is 24.7 Å². The number of carbonyl (C=O) groups is 1. The van der Waals surface area contributed by atoms with Crippen molar-refractivity contribution in [1.29, 1.82) is 0 Å². The number of anilines is 3. The molecular formula is C20H18N10OS. The lowest BCUT2D eigenvalue weighted by atomic mass is 10.2. The Balaban J connectivity index is 1.17. The number of nitrogens with zero attached hydrogens (tertiary/aromatic N) is 7. The van der Waals surface area contributed by atoms with Gasteiger partial charge in [-0.3, -0.25) is 10.00 Å². The summed E-state index contributed by atoms with van der Waals surface area (Å²) in [7, 11) is 0. The molecule has 3 N–H and O–H groups in total. The van der Waals surface area contributed by atoms with Crippen LogP contribution in [0.4, 0.5) is 21.4 Å². The lowest BCUT2D eigenvalue weighted by Gasteiger charge is -2.27. The number of imidazole rings is 1. The Kier molecular flexibility index (Phi) is 4.24. The molecule has 11 nitrogen and oxygen atoms in total. The van der Waals surface area contributed by atoms with Gasteiger partial charge in [0.2, 0.25) is 0 Å². The van der Waals surface area contributed by atoms with Crippen LogP contribution < -0.4 is 15.5 Å². The largest absolute Gasteiger partial charge is 0.348 e. The number of benzene rings is 1. The van der Waals surface area contributed by atoms with E-state index in [0.29, 0.717) is 22.9 Å². The summed E-state index contributed by atoms with van der Waals surface area (Å²) in [5.41, 5.74) is 4.95. The van der Waals surface area contributed by atoms with Gasteiger partial charge < -0.3 is 15.2 Å². The number of amides is 2. The first-order chi connectivity index (χ1) is 15.7. The Hall–Kier alpha value is -4.06. The third kappa shape index (κ3) is 3.12. The molecule has 12 heteroatoms. The van der Waals surface area contributed by atoms with Crippen LogP contribution in [0.5, 0.6) is 0 Å². The Labute approximate surface area is 185 Å². The maximum Gasteiger partial charge on any atom is 0.325 e. The van der Waals surface area contributed by atoms with E-state index in [4.69, 9.17) is 0 Å². The number of rotatable bonds is 4. The van der Waals surface area contributed by atoms with Gasteiger partial charge in [0, 0.05) is 17.6 Å². The predicted molar refractivity (Wildman–Crippen MR) is 122 cm³/mol. The summed E-state index contributed by atoms with van der Waals surface area (Å²) in [4.78, 5) is 36.2. The minimum absolute atomic E-state index is 0.365. The first-order valence-corrected chi connectivity index (χ1v) is 10.9. The van der Waals surface area contributed by atoms with Crippen molar-refractivity contribution in [3.05, 3.63) is 47.6 Å². The summed E-state index contributed by atoms with van der Waals surface area (Å²) in [6.45, 7) is 4.17. The molecule has 0 atom stereocenters. The Morgan fingerprint density at radius 1 is 1.16 bits per heavy atom. The van der Waals surface area contributed by atoms with Crippen LogP contribution in [0.1, 0.15) is 10.6 Å². The van der Waals surface area contributed by atoms with Crippen LogP contribution in [0.3, 0.4) is 0 Å². The fraction of sp³-hybridized carbons (Fsp3) is 0.200. The number of aromatic nitrogens is 7. The van der Waals surface area contributed by atoms with Crippen molar-refractivity contribution in [3.8, 4) is 0 Å². The van der Waals surface area contributed by atoms with Crippen molar-refractivity contribution in [2.75, 3.05) is 22.1 Å². The molecule has 1 aliphatic rings. The van der Waals surface area contributed by atoms with Crippen LogP contribution in [0.15, 0.2) is 37.1 Å². The molecule has 1 aromatic carbocycles. The number of fused-ring (bicyclic) bond motifs is 1. The molecule has 5 heterocycles. The highest BCUT2D eigenvalue weighted by atomic mass is 32.1. The maximum absolute atomic E-state index is 12.5. The van der Waals surface area contributed by atoms with E-state index in [2.05, 4.69) is 45.6 Å². The van der Waals surface area contributed by atoms with E-state index in [0.717, 1.165) is 46.0 Å². The lowest BCUT2D eigenvalue weighted by molar-refractivity contribution is 0.262. The van der Waals surface area contributed by atoms with Crippen molar-refractivity contribution >= 4 is 56.1 Å². The van der Waals surface area contributed by atoms with Gasteiger partial charge in [0.25, 0.3) is 0 Å². The SMILES string of the molecule is Cc1nn2c3c(ncnc13)N(Cc1cnc(NC(=O)Nc3cccc4[nH]cnc34)s1)CC2. The van der Waals surface area contributed by atoms with Gasteiger partial charge in [-0.05, 0) is 19.1 Å². The third-order valence-corrected chi connectivity index (χ3v) is 6.27. The molecule has 6 rings (SSSR count). The number of aromatic amines is 1. The van der Waals surface area contributed by atoms with E-state index >= 15 is 0 Å². The molecule has 0 radical (unpaired) electrons. The number of aryl methyl sites for hydroxylation is 1. The molecule has 0 unspecified atom stereocenters. The Morgan fingerprint density at radius 3 is 3.03 bits per heavy atom. The van der Waals surface area contributed by atoms with Gasteiger partial charge in [0.1, 0.15) is 22.9 Å². The molecule has 4 aromatic heterocycles. The highest BCUT2D eigenvalue weighted by Gasteiger charge is 2.24. The summed E-state index contributed by atoms with van der Waals surface area (Å²) in [5.74, 6) is 0.870. The minimum Gasteiger partial charge on any atom is -0.348 e. The molecule has 2 amide bonds. The highest BCUT2D eigenvalue weighted by molar-refractivity contribution is 7.15. The Bertz CT molecular complexity index is 1470. The van der Waals surface area contributed by atoms with Crippen LogP contribution in [0, 0.1) is 6.92 Å². The molecule has 0 spiro atoms. The lowest BCUT2D eigenvalue weighted by Crippen LogP contribution is -2.32. The van der Waals surface area contributed by atoms with Crippen LogP contribution >= 0.6 is 11.3 Å². The molecule has 0 fully saturated rings. The van der Waals surface area contributed by atoms with Gasteiger partial charge in [0.15, 0.2) is 10.9 Å². The smallest absolute Gasteiger partial charge is 0.325 e. The third-order valence-electron chi connectivity index (χ3n) is 5.37. The first-order valence-electron chi connectivity index (χ1n) is 10.0. The summed E-state index contributed by atoms with van der Waals surface area (Å²) in [5, 5.41) is 10.7. The summed E-state index contributed by atoms with van der Waals surface area (Å²) in [6.07, 6.45) is 4.96. The number of carbonyl (C=O) groups excluding carboxylic acids is 1. The fourth-order valence-corrected chi connectivity index (χ4v) is 4.79. The number of hydrogen-bond acceptors (Lipinski definition) is 8. The number of urea groups is 1. The van der Waals surface area contributed by atoms with Gasteiger partial charge >= 0.3 is 6.03 Å². The summed E-state index contributed by atoms with van der Waals surface area (Å²) < 4.78 is 1.97. The average molecular weight is 447 g/mol. The zero-order chi connectivity index (χ0) is 21.7. The van der Waals surface area contributed by atoms with Crippen molar-refractivity contribution in [2.24, 2.45) is 0 Å². The minimum atomic E-state index is -0.365. The van der Waals surface area contributed by atoms with Gasteiger partial charge in [-0.1, -0.05) is 17.4 Å². The first kappa shape index (κ1) is 18.7. The number of nitrogens with one attached hydrogen (secondary N) is 3. The van der Waals surface area contributed by atoms with Gasteiger partial charge in [-0.15, -0.1) is 0 Å². The molecule has 32 heavy (non-hydrogen) atoms. The summed E-state index contributed by atoms with van der Waals surface area (Å²) in [6, 6.07) is 5.20. The quantitative estimate of drug-likeness (QED) is 0.387. The number of para-hydroxylation sites is 1. The van der Waals surface area contributed by atoms with Gasteiger partial charge in [-0.2, -0.15) is 5.10 Å². The maximum atomic E-state index is 12.5. The summed E-state index contributed by atoms with van der Waals surface area (Å²) >= 11 is 1.43. The molecule has 160 valence electrons. The van der Waals surface area contributed by atoms with E-state index in [-0.39, 0.29) is 6.03 Å². The van der Waals surface area contributed by atoms with Crippen molar-refractivity contribution in [2.45, 2.75) is 20.0 Å². The molecule has 0 aliphatic carbocycles. The molecular weight excluding hydrogens is 428 g/mol. The molecule has 1 aliphatic heterocycles. The van der Waals surface area contributed by atoms with Crippen LogP contribution in [0.25, 0.3) is 22.1 Å². The van der Waals surface area contributed by atoms with E-state index in [9.17, 15) is 4.79 Å². The highest BCUT2D eigenvalue weighted by Crippen LogP contribution is 2.31. The van der Waals surface area contributed by atoms with Crippen molar-refractivity contribution in [3.63, 3.8) is 0 Å². The van der Waals surface area contributed by atoms with E-state index in [1.807, 2.05) is 23.7 Å². The number of H-pyrrole nitrogens is 1. The zero-order valence-corrected chi connectivity index (χ0v) is 17.8. The van der Waals surface area contributed by atoms with E-state index < -0.39 is 0 Å². The van der Waals surface area contributed by atoms with Gasteiger partial charge in [0.05, 0.1) is 36.3 Å². The van der Waals surface area contributed by atoms with Crippen LogP contribution in [-0.4, -0.2) is 47.3 Å². The standard InChI is InChI=1S/C20H18N10OS/c1-11-15-17-18(25-10-23-15)29(5-6-30(17)28-11)8-12-7-21-20(32-12)27-19(31)26-14-4-2-3-13-16(14)24-9-22-13/h2-4,7,9-10H,5-6,8H2,1H3,(H,22,24)(H2,21,26,27,31). The van der Waals surface area contributed by atoms with E-state index in [1.165, 1.54) is 11.3 Å². The normalized spacial score (nSPS) is 13.1. The average Bonchev–Trinajstić information content (AvgIpc) is 3.51. The number of hydrogen-bond donors (Lipinski definition) is 3. The molecule has 0 bridgehead atoms. The molecule has 0 saturated carbocycles. The van der Waals surface area contributed by atoms with Crippen molar-refractivity contribution in [1.82, 2.24) is 34.7 Å². The molecule has 0 saturated heterocycles. The topological polar surface area (TPSA) is 130 Å². The zero-order valence-electron chi connectivity index (χ0n) is 17.0. The Morgan fingerprint density at radius 2 is 2.09 bits per heavy atom. The monoisotopic (exact) mass is 446 g/mol. The van der Waals surface area contributed by atoms with E-state index in [1.54, 1.807) is 24.9 Å². The predicted octanol–water partition coefficient (Wildman–Crippen LogP) is 3.13. The van der Waals surface area contributed by atoms with Crippen molar-refractivity contribution < 1.29 is 4.79 Å². The van der Waals surface area contributed by atoms with Crippen LogP contribution in [-0.2, 0) is 13.1 Å². The fourth-order valence-electron chi connectivity index (χ4n) is 3.96. The second kappa shape index (κ2) is 7.27. The second-order valence-electron chi connectivity index (χ2n) is 7.44. The van der Waals surface area contributed by atoms with Crippen LogP contribution in [0.2, 0.25) is 0 Å².